The number of nitrogens with zero attached hydrogens (tertiary/aromatic N) is 1. The van der Waals surface area contributed by atoms with Crippen LogP contribution < -0.4 is 5.32 Å². The number of nitrogens with one attached hydrogen (secondary N) is 1. The van der Waals surface area contributed by atoms with Crippen LogP contribution in [-0.2, 0) is 4.79 Å². The summed E-state index contributed by atoms with van der Waals surface area (Å²) in [7, 11) is 0. The SMILES string of the molecule is Cc1oncc1C(=O)NC1(C(=O)O)CCCC1. The van der Waals surface area contributed by atoms with Gasteiger partial charge in [0.25, 0.3) is 5.91 Å². The Hall–Kier alpha value is -1.85. The minimum absolute atomic E-state index is 0.289. The summed E-state index contributed by atoms with van der Waals surface area (Å²) in [4.78, 5) is 23.2. The van der Waals surface area contributed by atoms with Gasteiger partial charge in [0.15, 0.2) is 0 Å². The lowest BCUT2D eigenvalue weighted by atomic mass is 9.97. The Morgan fingerprint density at radius 1 is 1.47 bits per heavy atom. The highest BCUT2D eigenvalue weighted by atomic mass is 16.5. The largest absolute Gasteiger partial charge is 0.480 e. The fourth-order valence-electron chi connectivity index (χ4n) is 2.17. The molecule has 2 N–H and O–H groups in total. The number of carboxylic acid groups (broad SMARTS) is 1. The Labute approximate surface area is 98.0 Å². The summed E-state index contributed by atoms with van der Waals surface area (Å²) < 4.78 is 4.79. The van der Waals surface area contributed by atoms with Gasteiger partial charge in [-0.3, -0.25) is 4.79 Å². The molecule has 0 unspecified atom stereocenters. The molecule has 1 fully saturated rings. The average Bonchev–Trinajstić information content (AvgIpc) is 2.87. The summed E-state index contributed by atoms with van der Waals surface area (Å²) >= 11 is 0. The van der Waals surface area contributed by atoms with Crippen molar-refractivity contribution in [2.24, 2.45) is 0 Å². The van der Waals surface area contributed by atoms with Crippen molar-refractivity contribution in [2.75, 3.05) is 0 Å². The summed E-state index contributed by atoms with van der Waals surface area (Å²) in [6.45, 7) is 1.62. The van der Waals surface area contributed by atoms with Gasteiger partial charge in [-0.2, -0.15) is 0 Å². The predicted molar refractivity (Wildman–Crippen MR) is 57.5 cm³/mol. The lowest BCUT2D eigenvalue weighted by Crippen LogP contribution is -2.52. The first-order valence-corrected chi connectivity index (χ1v) is 5.52. The van der Waals surface area contributed by atoms with E-state index in [4.69, 9.17) is 4.52 Å². The van der Waals surface area contributed by atoms with Crippen molar-refractivity contribution in [3.8, 4) is 0 Å². The number of aliphatic carboxylic acids is 1. The van der Waals surface area contributed by atoms with Crippen LogP contribution in [0.4, 0.5) is 0 Å². The first-order chi connectivity index (χ1) is 8.05. The van der Waals surface area contributed by atoms with Crippen molar-refractivity contribution in [3.05, 3.63) is 17.5 Å². The van der Waals surface area contributed by atoms with E-state index >= 15 is 0 Å². The minimum Gasteiger partial charge on any atom is -0.480 e. The number of carboxylic acids is 1. The zero-order chi connectivity index (χ0) is 12.5. The topological polar surface area (TPSA) is 92.4 Å². The molecule has 1 amide bonds. The van der Waals surface area contributed by atoms with E-state index in [0.29, 0.717) is 18.6 Å². The number of carbonyl (C=O) groups is 2. The molecule has 2 rings (SSSR count). The summed E-state index contributed by atoms with van der Waals surface area (Å²) in [5.74, 6) is -1.02. The van der Waals surface area contributed by atoms with Crippen LogP contribution in [0.5, 0.6) is 0 Å². The second kappa shape index (κ2) is 4.20. The van der Waals surface area contributed by atoms with Crippen molar-refractivity contribution < 1.29 is 19.2 Å². The molecule has 1 aliphatic rings. The van der Waals surface area contributed by atoms with Gasteiger partial charge in [-0.1, -0.05) is 18.0 Å². The number of aryl methyl sites for hydroxylation is 1. The zero-order valence-electron chi connectivity index (χ0n) is 9.52. The van der Waals surface area contributed by atoms with Crippen LogP contribution in [0.2, 0.25) is 0 Å². The number of hydrogen-bond acceptors (Lipinski definition) is 4. The smallest absolute Gasteiger partial charge is 0.329 e. The summed E-state index contributed by atoms with van der Waals surface area (Å²) in [5.41, 5.74) is -0.835. The molecule has 6 nitrogen and oxygen atoms in total. The van der Waals surface area contributed by atoms with Crippen molar-refractivity contribution in [1.82, 2.24) is 10.5 Å². The molecule has 0 aliphatic heterocycles. The molecule has 0 radical (unpaired) electrons. The lowest BCUT2D eigenvalue weighted by Gasteiger charge is -2.24. The second-order valence-electron chi connectivity index (χ2n) is 4.34. The first kappa shape index (κ1) is 11.6. The Morgan fingerprint density at radius 3 is 2.59 bits per heavy atom. The van der Waals surface area contributed by atoms with Crippen molar-refractivity contribution >= 4 is 11.9 Å². The maximum absolute atomic E-state index is 11.9. The van der Waals surface area contributed by atoms with E-state index < -0.39 is 17.4 Å². The predicted octanol–water partition coefficient (Wildman–Crippen LogP) is 1.11. The van der Waals surface area contributed by atoms with Gasteiger partial charge < -0.3 is 14.9 Å². The van der Waals surface area contributed by atoms with Crippen LogP contribution >= 0.6 is 0 Å². The molecule has 17 heavy (non-hydrogen) atoms. The highest BCUT2D eigenvalue weighted by Gasteiger charge is 2.43. The van der Waals surface area contributed by atoms with E-state index in [0.717, 1.165) is 12.8 Å². The van der Waals surface area contributed by atoms with Gasteiger partial charge in [0.2, 0.25) is 0 Å². The maximum atomic E-state index is 11.9. The monoisotopic (exact) mass is 238 g/mol. The molecule has 6 heteroatoms. The van der Waals surface area contributed by atoms with Crippen molar-refractivity contribution in [1.29, 1.82) is 0 Å². The van der Waals surface area contributed by atoms with Gasteiger partial charge in [-0.05, 0) is 19.8 Å². The first-order valence-electron chi connectivity index (χ1n) is 5.52. The Kier molecular flexibility index (Phi) is 2.87. The molecule has 1 heterocycles. The molecular weight excluding hydrogens is 224 g/mol. The highest BCUT2D eigenvalue weighted by Crippen LogP contribution is 2.30. The van der Waals surface area contributed by atoms with E-state index in [9.17, 15) is 14.7 Å². The van der Waals surface area contributed by atoms with E-state index in [-0.39, 0.29) is 5.56 Å². The summed E-state index contributed by atoms with van der Waals surface area (Å²) in [6.07, 6.45) is 3.87. The molecule has 1 aromatic rings. The normalized spacial score (nSPS) is 17.9. The number of carbonyl (C=O) groups excluding carboxylic acids is 1. The van der Waals surface area contributed by atoms with Crippen molar-refractivity contribution in [2.45, 2.75) is 38.1 Å². The Balaban J connectivity index is 2.17. The highest BCUT2D eigenvalue weighted by molar-refractivity contribution is 5.98. The fraction of sp³-hybridized carbons (Fsp3) is 0.545. The Morgan fingerprint density at radius 2 is 2.12 bits per heavy atom. The van der Waals surface area contributed by atoms with Gasteiger partial charge in [-0.25, -0.2) is 4.79 Å². The second-order valence-corrected chi connectivity index (χ2v) is 4.34. The van der Waals surface area contributed by atoms with Gasteiger partial charge >= 0.3 is 5.97 Å². The molecule has 92 valence electrons. The van der Waals surface area contributed by atoms with Crippen molar-refractivity contribution in [3.63, 3.8) is 0 Å². The molecule has 0 saturated heterocycles. The van der Waals surface area contributed by atoms with Gasteiger partial charge in [-0.15, -0.1) is 0 Å². The van der Waals surface area contributed by atoms with Gasteiger partial charge in [0, 0.05) is 0 Å². The van der Waals surface area contributed by atoms with Crippen LogP contribution in [0.1, 0.15) is 41.8 Å². The maximum Gasteiger partial charge on any atom is 0.329 e. The molecule has 0 atom stereocenters. The molecule has 0 bridgehead atoms. The van der Waals surface area contributed by atoms with E-state index in [2.05, 4.69) is 10.5 Å². The molecule has 1 aliphatic carbocycles. The number of rotatable bonds is 3. The average molecular weight is 238 g/mol. The van der Waals surface area contributed by atoms with Crippen LogP contribution in [0, 0.1) is 6.92 Å². The lowest BCUT2D eigenvalue weighted by molar-refractivity contribution is -0.144. The van der Waals surface area contributed by atoms with E-state index in [1.54, 1.807) is 6.92 Å². The molecule has 0 aromatic carbocycles. The zero-order valence-corrected chi connectivity index (χ0v) is 9.52. The molecule has 1 aromatic heterocycles. The number of hydrogen-bond donors (Lipinski definition) is 2. The molecular formula is C11H14N2O4. The van der Waals surface area contributed by atoms with Gasteiger partial charge in [0.05, 0.1) is 6.20 Å². The van der Waals surface area contributed by atoms with Crippen LogP contribution in [0.15, 0.2) is 10.7 Å². The third kappa shape index (κ3) is 2.02. The quantitative estimate of drug-likeness (QED) is 0.822. The van der Waals surface area contributed by atoms with Crippen LogP contribution in [0.25, 0.3) is 0 Å². The number of amides is 1. The minimum atomic E-state index is -1.12. The molecule has 0 spiro atoms. The number of aromatic nitrogens is 1. The summed E-state index contributed by atoms with van der Waals surface area (Å²) in [5, 5.41) is 15.3. The van der Waals surface area contributed by atoms with Crippen LogP contribution in [-0.4, -0.2) is 27.7 Å². The van der Waals surface area contributed by atoms with E-state index in [1.165, 1.54) is 6.20 Å². The van der Waals surface area contributed by atoms with Gasteiger partial charge in [0.1, 0.15) is 16.9 Å². The third-order valence-corrected chi connectivity index (χ3v) is 3.21. The van der Waals surface area contributed by atoms with Crippen LogP contribution in [0.3, 0.4) is 0 Å². The van der Waals surface area contributed by atoms with E-state index in [1.807, 2.05) is 0 Å². The molecule has 1 saturated carbocycles. The standard InChI is InChI=1S/C11H14N2O4/c1-7-8(6-12-17-7)9(14)13-11(10(15)16)4-2-3-5-11/h6H,2-5H2,1H3,(H,13,14)(H,15,16). The fourth-order valence-corrected chi connectivity index (χ4v) is 2.17. The Bertz CT molecular complexity index is 446. The summed E-state index contributed by atoms with van der Waals surface area (Å²) in [6, 6.07) is 0. The third-order valence-electron chi connectivity index (χ3n) is 3.21.